The van der Waals surface area contributed by atoms with Gasteiger partial charge in [0.25, 0.3) is 0 Å². The Hall–Kier alpha value is -3.34. The van der Waals surface area contributed by atoms with Gasteiger partial charge in [0.2, 0.25) is 0 Å². The molecule has 0 saturated carbocycles. The predicted octanol–water partition coefficient (Wildman–Crippen LogP) is 5.51. The summed E-state index contributed by atoms with van der Waals surface area (Å²) in [6, 6.07) is 18.1. The van der Waals surface area contributed by atoms with Crippen LogP contribution in [0, 0.1) is 17.1 Å². The first-order valence-corrected chi connectivity index (χ1v) is 10.5. The summed E-state index contributed by atoms with van der Waals surface area (Å²) in [6.45, 7) is 0. The lowest BCUT2D eigenvalue weighted by Gasteiger charge is -2.11. The van der Waals surface area contributed by atoms with E-state index in [0.29, 0.717) is 38.0 Å². The van der Waals surface area contributed by atoms with Crippen molar-refractivity contribution < 1.29 is 13.3 Å². The smallest absolute Gasteiger partial charge is 0.132 e. The maximum atomic E-state index is 14.7. The highest BCUT2D eigenvalue weighted by atomic mass is 35.5. The highest BCUT2D eigenvalue weighted by molar-refractivity contribution is 7.85. The van der Waals surface area contributed by atoms with E-state index in [1.54, 1.807) is 42.5 Å². The Kier molecular flexibility index (Phi) is 5.70. The van der Waals surface area contributed by atoms with Crippen molar-refractivity contribution in [3.05, 3.63) is 77.8 Å². The molecule has 3 aromatic carbocycles. The lowest BCUT2D eigenvalue weighted by molar-refractivity contribution is 0.479. The quantitative estimate of drug-likeness (QED) is 0.411. The molecule has 0 spiro atoms. The molecule has 1 heterocycles. The Balaban J connectivity index is 1.72. The van der Waals surface area contributed by atoms with Gasteiger partial charge in [-0.2, -0.15) is 5.26 Å². The van der Waals surface area contributed by atoms with Crippen LogP contribution in [0.1, 0.15) is 0 Å². The zero-order chi connectivity index (χ0) is 21.1. The summed E-state index contributed by atoms with van der Waals surface area (Å²) in [5, 5.41) is 9.80. The summed E-state index contributed by atoms with van der Waals surface area (Å²) in [5.41, 5.74) is 1.17. The Morgan fingerprint density at radius 2 is 1.87 bits per heavy atom. The Morgan fingerprint density at radius 3 is 2.70 bits per heavy atom. The Morgan fingerprint density at radius 1 is 1.07 bits per heavy atom. The van der Waals surface area contributed by atoms with Crippen molar-refractivity contribution in [3.8, 4) is 28.8 Å². The first-order chi connectivity index (χ1) is 14.6. The highest BCUT2D eigenvalue weighted by Gasteiger charge is 2.14. The fourth-order valence-electron chi connectivity index (χ4n) is 2.97. The SMILES string of the molecule is N#CCS(=O)c1cccc(Oc2ccc(F)c(-c3ncnc4c(Cl)cccc34)c2)c1. The minimum atomic E-state index is -1.44. The highest BCUT2D eigenvalue weighted by Crippen LogP contribution is 2.34. The normalized spacial score (nSPS) is 11.8. The fourth-order valence-corrected chi connectivity index (χ4v) is 3.96. The first kappa shape index (κ1) is 20.0. The van der Waals surface area contributed by atoms with E-state index in [-0.39, 0.29) is 11.3 Å². The molecule has 1 atom stereocenters. The van der Waals surface area contributed by atoms with Gasteiger partial charge in [-0.1, -0.05) is 29.8 Å². The number of nitrogens with zero attached hydrogens (tertiary/aromatic N) is 3. The molecule has 0 bridgehead atoms. The van der Waals surface area contributed by atoms with Crippen LogP contribution in [0.15, 0.2) is 71.9 Å². The Labute approximate surface area is 179 Å². The molecule has 4 aromatic rings. The molecule has 0 aliphatic heterocycles. The number of ether oxygens (including phenoxy) is 1. The van der Waals surface area contributed by atoms with Crippen LogP contribution in [0.4, 0.5) is 4.39 Å². The van der Waals surface area contributed by atoms with Crippen molar-refractivity contribution in [3.63, 3.8) is 0 Å². The van der Waals surface area contributed by atoms with Crippen LogP contribution in [0.25, 0.3) is 22.2 Å². The molecule has 5 nitrogen and oxygen atoms in total. The van der Waals surface area contributed by atoms with Gasteiger partial charge in [-0.15, -0.1) is 0 Å². The third-order valence-electron chi connectivity index (χ3n) is 4.31. The van der Waals surface area contributed by atoms with Crippen molar-refractivity contribution in [1.82, 2.24) is 9.97 Å². The second-order valence-corrected chi connectivity index (χ2v) is 8.08. The minimum absolute atomic E-state index is 0.104. The minimum Gasteiger partial charge on any atom is -0.457 e. The second kappa shape index (κ2) is 8.57. The van der Waals surface area contributed by atoms with Crippen LogP contribution in [-0.4, -0.2) is 19.9 Å². The fraction of sp³-hybridized carbons (Fsp3) is 0.0455. The number of aromatic nitrogens is 2. The van der Waals surface area contributed by atoms with Gasteiger partial charge in [-0.3, -0.25) is 4.21 Å². The van der Waals surface area contributed by atoms with Gasteiger partial charge in [0, 0.05) is 15.8 Å². The number of benzene rings is 3. The molecule has 0 N–H and O–H groups in total. The maximum absolute atomic E-state index is 14.7. The zero-order valence-electron chi connectivity index (χ0n) is 15.4. The van der Waals surface area contributed by atoms with Gasteiger partial charge in [-0.25, -0.2) is 14.4 Å². The van der Waals surface area contributed by atoms with E-state index in [1.165, 1.54) is 24.5 Å². The largest absolute Gasteiger partial charge is 0.457 e. The maximum Gasteiger partial charge on any atom is 0.132 e. The summed E-state index contributed by atoms with van der Waals surface area (Å²) in [7, 11) is -1.44. The molecule has 0 aliphatic carbocycles. The van der Waals surface area contributed by atoms with Crippen molar-refractivity contribution in [2.24, 2.45) is 0 Å². The van der Waals surface area contributed by atoms with E-state index < -0.39 is 16.6 Å². The van der Waals surface area contributed by atoms with Crippen LogP contribution in [0.5, 0.6) is 11.5 Å². The van der Waals surface area contributed by atoms with Gasteiger partial charge in [0.1, 0.15) is 29.4 Å². The lowest BCUT2D eigenvalue weighted by Crippen LogP contribution is -1.96. The second-order valence-electron chi connectivity index (χ2n) is 6.22. The van der Waals surface area contributed by atoms with Crippen molar-refractivity contribution in [1.29, 1.82) is 5.26 Å². The summed E-state index contributed by atoms with van der Waals surface area (Å²) >= 11 is 6.20. The van der Waals surface area contributed by atoms with Crippen LogP contribution < -0.4 is 4.74 Å². The van der Waals surface area contributed by atoms with Crippen LogP contribution in [0.3, 0.4) is 0 Å². The number of hydrogen-bond donors (Lipinski definition) is 0. The summed E-state index contributed by atoms with van der Waals surface area (Å²) in [4.78, 5) is 8.91. The van der Waals surface area contributed by atoms with E-state index in [2.05, 4.69) is 9.97 Å². The molecule has 0 saturated heterocycles. The molecule has 8 heteroatoms. The molecule has 30 heavy (non-hydrogen) atoms. The predicted molar refractivity (Wildman–Crippen MR) is 113 cm³/mol. The molecule has 0 amide bonds. The standard InChI is InChI=1S/C22H13ClFN3O2S/c23-19-6-2-5-17-21(26-13-27-22(17)19)18-12-15(7-8-20(18)24)29-14-3-1-4-16(11-14)30(28)10-9-25/h1-8,11-13H,10H2. The van der Waals surface area contributed by atoms with Gasteiger partial charge in [0.15, 0.2) is 0 Å². The molecule has 1 aromatic heterocycles. The van der Waals surface area contributed by atoms with Crippen molar-refractivity contribution >= 4 is 33.3 Å². The van der Waals surface area contributed by atoms with E-state index >= 15 is 0 Å². The average molecular weight is 438 g/mol. The van der Waals surface area contributed by atoms with Gasteiger partial charge in [0.05, 0.1) is 33.1 Å². The Bertz CT molecular complexity index is 1320. The summed E-state index contributed by atoms with van der Waals surface area (Å²) in [5.74, 6) is 0.231. The molecular weight excluding hydrogens is 425 g/mol. The third-order valence-corrected chi connectivity index (χ3v) is 5.78. The van der Waals surface area contributed by atoms with Crippen molar-refractivity contribution in [2.75, 3.05) is 5.75 Å². The molecule has 0 radical (unpaired) electrons. The van der Waals surface area contributed by atoms with Gasteiger partial charge in [-0.05, 0) is 42.5 Å². The van der Waals surface area contributed by atoms with E-state index in [1.807, 2.05) is 6.07 Å². The number of hydrogen-bond acceptors (Lipinski definition) is 5. The number of rotatable bonds is 5. The molecule has 0 fully saturated rings. The average Bonchev–Trinajstić information content (AvgIpc) is 2.75. The third kappa shape index (κ3) is 4.01. The van der Waals surface area contributed by atoms with E-state index in [4.69, 9.17) is 21.6 Å². The van der Waals surface area contributed by atoms with Crippen LogP contribution in [0.2, 0.25) is 5.02 Å². The number of para-hydroxylation sites is 1. The number of nitriles is 1. The van der Waals surface area contributed by atoms with Crippen molar-refractivity contribution in [2.45, 2.75) is 4.90 Å². The topological polar surface area (TPSA) is 75.9 Å². The molecule has 1 unspecified atom stereocenters. The van der Waals surface area contributed by atoms with E-state index in [9.17, 15) is 8.60 Å². The molecule has 4 rings (SSSR count). The summed E-state index contributed by atoms with van der Waals surface area (Å²) < 4.78 is 32.5. The zero-order valence-corrected chi connectivity index (χ0v) is 17.0. The first-order valence-electron chi connectivity index (χ1n) is 8.79. The van der Waals surface area contributed by atoms with E-state index in [0.717, 1.165) is 0 Å². The lowest BCUT2D eigenvalue weighted by atomic mass is 10.1. The number of halogens is 2. The number of fused-ring (bicyclic) bond motifs is 1. The van der Waals surface area contributed by atoms with Gasteiger partial charge < -0.3 is 4.74 Å². The van der Waals surface area contributed by atoms with Gasteiger partial charge >= 0.3 is 0 Å². The van der Waals surface area contributed by atoms with Crippen LogP contribution >= 0.6 is 11.6 Å². The monoisotopic (exact) mass is 437 g/mol. The molecule has 148 valence electrons. The molecule has 0 aliphatic rings. The molecular formula is C22H13ClFN3O2S. The van der Waals surface area contributed by atoms with Crippen LogP contribution in [-0.2, 0) is 10.8 Å². The summed E-state index contributed by atoms with van der Waals surface area (Å²) in [6.07, 6.45) is 1.34.